The molecule has 84 valence electrons. The SMILES string of the molecule is CS(=O)(=O)[C@H]1[C@@H](C#N)[C@@H]1c1cccc(F)c1. The molecule has 3 atom stereocenters. The maximum absolute atomic E-state index is 13.0. The molecule has 2 rings (SSSR count). The van der Waals surface area contributed by atoms with Crippen molar-refractivity contribution in [2.75, 3.05) is 6.26 Å². The summed E-state index contributed by atoms with van der Waals surface area (Å²) >= 11 is 0. The van der Waals surface area contributed by atoms with Gasteiger partial charge >= 0.3 is 0 Å². The maximum Gasteiger partial charge on any atom is 0.152 e. The van der Waals surface area contributed by atoms with E-state index in [0.29, 0.717) is 5.56 Å². The smallest absolute Gasteiger partial charge is 0.152 e. The molecule has 0 aromatic heterocycles. The Morgan fingerprint density at radius 1 is 1.44 bits per heavy atom. The summed E-state index contributed by atoms with van der Waals surface area (Å²) in [6, 6.07) is 7.73. The third-order valence-electron chi connectivity index (χ3n) is 2.83. The summed E-state index contributed by atoms with van der Waals surface area (Å²) in [5.41, 5.74) is 0.585. The van der Waals surface area contributed by atoms with Gasteiger partial charge in [-0.05, 0) is 17.7 Å². The lowest BCUT2D eigenvalue weighted by Gasteiger charge is -1.98. The highest BCUT2D eigenvalue weighted by atomic mass is 32.2. The van der Waals surface area contributed by atoms with Crippen LogP contribution in [0.5, 0.6) is 0 Å². The molecule has 0 aliphatic heterocycles. The van der Waals surface area contributed by atoms with Crippen LogP contribution in [0.25, 0.3) is 0 Å². The Hall–Kier alpha value is -1.41. The molecule has 0 N–H and O–H groups in total. The summed E-state index contributed by atoms with van der Waals surface area (Å²) in [7, 11) is -3.25. The molecular formula is C11H10FNO2S. The van der Waals surface area contributed by atoms with E-state index in [2.05, 4.69) is 0 Å². The first-order valence-corrected chi connectivity index (χ1v) is 6.74. The maximum atomic E-state index is 13.0. The third kappa shape index (κ3) is 1.81. The number of benzene rings is 1. The van der Waals surface area contributed by atoms with Crippen molar-refractivity contribution in [3.63, 3.8) is 0 Å². The Labute approximate surface area is 93.4 Å². The molecule has 1 aromatic carbocycles. The van der Waals surface area contributed by atoms with Gasteiger partial charge in [-0.15, -0.1) is 0 Å². The largest absolute Gasteiger partial charge is 0.229 e. The number of nitriles is 1. The zero-order valence-corrected chi connectivity index (χ0v) is 9.41. The molecule has 0 bridgehead atoms. The Morgan fingerprint density at radius 3 is 2.56 bits per heavy atom. The van der Waals surface area contributed by atoms with Crippen molar-refractivity contribution in [3.05, 3.63) is 35.6 Å². The zero-order valence-electron chi connectivity index (χ0n) is 8.59. The Bertz CT molecular complexity index is 562. The van der Waals surface area contributed by atoms with Crippen molar-refractivity contribution in [2.24, 2.45) is 5.92 Å². The van der Waals surface area contributed by atoms with Gasteiger partial charge in [-0.2, -0.15) is 5.26 Å². The molecule has 0 radical (unpaired) electrons. The molecule has 0 unspecified atom stereocenters. The van der Waals surface area contributed by atoms with Crippen molar-refractivity contribution >= 4 is 9.84 Å². The van der Waals surface area contributed by atoms with Gasteiger partial charge in [0.05, 0.1) is 17.2 Å². The summed E-state index contributed by atoms with van der Waals surface area (Å²) in [6.07, 6.45) is 1.11. The molecule has 1 saturated carbocycles. The summed E-state index contributed by atoms with van der Waals surface area (Å²) in [6.45, 7) is 0. The van der Waals surface area contributed by atoms with Crippen molar-refractivity contribution in [1.29, 1.82) is 5.26 Å². The molecular weight excluding hydrogens is 229 g/mol. The van der Waals surface area contributed by atoms with Crippen LogP contribution in [0.15, 0.2) is 24.3 Å². The molecule has 3 nitrogen and oxygen atoms in total. The second kappa shape index (κ2) is 3.56. The van der Waals surface area contributed by atoms with Crippen LogP contribution in [0.3, 0.4) is 0 Å². The molecule has 1 aliphatic rings. The van der Waals surface area contributed by atoms with Crippen molar-refractivity contribution in [2.45, 2.75) is 11.2 Å². The predicted octanol–water partition coefficient (Wildman–Crippen LogP) is 1.48. The lowest BCUT2D eigenvalue weighted by molar-refractivity contribution is 0.598. The summed E-state index contributed by atoms with van der Waals surface area (Å²) in [4.78, 5) is 0. The van der Waals surface area contributed by atoms with E-state index in [1.54, 1.807) is 6.07 Å². The normalized spacial score (nSPS) is 28.4. The van der Waals surface area contributed by atoms with Crippen LogP contribution in [0.2, 0.25) is 0 Å². The summed E-state index contributed by atoms with van der Waals surface area (Å²) in [5.74, 6) is -1.33. The van der Waals surface area contributed by atoms with Gasteiger partial charge in [0.2, 0.25) is 0 Å². The highest BCUT2D eigenvalue weighted by molar-refractivity contribution is 7.91. The number of hydrogen-bond donors (Lipinski definition) is 0. The van der Waals surface area contributed by atoms with Crippen LogP contribution in [-0.2, 0) is 9.84 Å². The third-order valence-corrected chi connectivity index (χ3v) is 4.41. The monoisotopic (exact) mass is 239 g/mol. The lowest BCUT2D eigenvalue weighted by Crippen LogP contribution is -2.06. The minimum atomic E-state index is -3.25. The summed E-state index contributed by atoms with van der Waals surface area (Å²) < 4.78 is 35.8. The minimum absolute atomic E-state index is 0.379. The first kappa shape index (κ1) is 11.1. The van der Waals surface area contributed by atoms with Gasteiger partial charge in [0.25, 0.3) is 0 Å². The minimum Gasteiger partial charge on any atom is -0.229 e. The molecule has 0 spiro atoms. The summed E-state index contributed by atoms with van der Waals surface area (Å²) in [5, 5.41) is 8.15. The van der Waals surface area contributed by atoms with Crippen LogP contribution >= 0.6 is 0 Å². The van der Waals surface area contributed by atoms with Gasteiger partial charge in [0, 0.05) is 12.2 Å². The number of hydrogen-bond acceptors (Lipinski definition) is 3. The second-order valence-electron chi connectivity index (χ2n) is 4.03. The number of nitrogens with zero attached hydrogens (tertiary/aromatic N) is 1. The highest BCUT2D eigenvalue weighted by Crippen LogP contribution is 2.51. The van der Waals surface area contributed by atoms with Crippen LogP contribution < -0.4 is 0 Å². The second-order valence-corrected chi connectivity index (χ2v) is 6.23. The molecule has 1 aromatic rings. The van der Waals surface area contributed by atoms with E-state index in [9.17, 15) is 12.8 Å². The molecule has 0 saturated heterocycles. The van der Waals surface area contributed by atoms with Gasteiger partial charge in [-0.25, -0.2) is 12.8 Å². The molecule has 0 heterocycles. The quantitative estimate of drug-likeness (QED) is 0.785. The number of halogens is 1. The van der Waals surface area contributed by atoms with Gasteiger partial charge in [-0.3, -0.25) is 0 Å². The van der Waals surface area contributed by atoms with E-state index in [1.807, 2.05) is 6.07 Å². The predicted molar refractivity (Wildman–Crippen MR) is 56.9 cm³/mol. The topological polar surface area (TPSA) is 57.9 Å². The fourth-order valence-corrected chi connectivity index (χ4v) is 3.61. The van der Waals surface area contributed by atoms with Crippen molar-refractivity contribution < 1.29 is 12.8 Å². The Balaban J connectivity index is 2.35. The average molecular weight is 239 g/mol. The van der Waals surface area contributed by atoms with Gasteiger partial charge in [0.15, 0.2) is 9.84 Å². The highest BCUT2D eigenvalue weighted by Gasteiger charge is 2.57. The molecule has 1 aliphatic carbocycles. The number of rotatable bonds is 2. The van der Waals surface area contributed by atoms with E-state index in [1.165, 1.54) is 18.2 Å². The fraction of sp³-hybridized carbons (Fsp3) is 0.364. The average Bonchev–Trinajstić information content (AvgIpc) is 2.91. The lowest BCUT2D eigenvalue weighted by atomic mass is 10.1. The zero-order chi connectivity index (χ0) is 11.9. The van der Waals surface area contributed by atoms with Crippen molar-refractivity contribution in [1.82, 2.24) is 0 Å². The van der Waals surface area contributed by atoms with Crippen LogP contribution in [0.4, 0.5) is 4.39 Å². The van der Waals surface area contributed by atoms with Crippen LogP contribution in [0, 0.1) is 23.1 Å². The molecule has 0 amide bonds. The van der Waals surface area contributed by atoms with Crippen molar-refractivity contribution in [3.8, 4) is 6.07 Å². The first-order valence-electron chi connectivity index (χ1n) is 4.79. The van der Waals surface area contributed by atoms with Gasteiger partial charge in [-0.1, -0.05) is 12.1 Å². The Kier molecular flexibility index (Phi) is 2.47. The molecule has 1 fully saturated rings. The molecule has 16 heavy (non-hydrogen) atoms. The van der Waals surface area contributed by atoms with E-state index >= 15 is 0 Å². The first-order chi connectivity index (χ1) is 7.45. The number of sulfone groups is 1. The molecule has 5 heteroatoms. The Morgan fingerprint density at radius 2 is 2.12 bits per heavy atom. The standard InChI is InChI=1S/C11H10FNO2S/c1-16(14,15)11-9(6-13)10(11)7-3-2-4-8(12)5-7/h2-5,9-11H,1H3/t9-,10-,11-/m0/s1. The van der Waals surface area contributed by atoms with Crippen LogP contribution in [-0.4, -0.2) is 19.9 Å². The van der Waals surface area contributed by atoms with E-state index < -0.39 is 26.8 Å². The fourth-order valence-electron chi connectivity index (χ4n) is 2.08. The van der Waals surface area contributed by atoms with E-state index in [4.69, 9.17) is 5.26 Å². The van der Waals surface area contributed by atoms with E-state index in [0.717, 1.165) is 6.26 Å². The van der Waals surface area contributed by atoms with Gasteiger partial charge < -0.3 is 0 Å². The van der Waals surface area contributed by atoms with E-state index in [-0.39, 0.29) is 5.92 Å². The van der Waals surface area contributed by atoms with Gasteiger partial charge in [0.1, 0.15) is 5.82 Å². The van der Waals surface area contributed by atoms with Crippen LogP contribution in [0.1, 0.15) is 11.5 Å².